The Hall–Kier alpha value is -2.45. The number of pyridine rings is 1. The highest BCUT2D eigenvalue weighted by Gasteiger charge is 2.20. The van der Waals surface area contributed by atoms with E-state index in [-0.39, 0.29) is 5.91 Å². The lowest BCUT2D eigenvalue weighted by atomic mass is 10.1. The molecule has 2 aromatic rings. The van der Waals surface area contributed by atoms with Crippen molar-refractivity contribution in [1.29, 1.82) is 0 Å². The van der Waals surface area contributed by atoms with Crippen LogP contribution in [0.15, 0.2) is 30.7 Å². The standard InChI is InChI=1S/C21H28ClN7O/c22-18-15-17(20(30)28-8-2-1-3-9-28)16-26-19(18)23-7-10-27-11-13-29(14-12-27)21-24-5-4-6-25-21/h4-6,15-16H,1-3,7-14H2,(H,23,26). The van der Waals surface area contributed by atoms with Crippen LogP contribution in [-0.2, 0) is 0 Å². The molecule has 0 radical (unpaired) electrons. The van der Waals surface area contributed by atoms with Gasteiger partial charge in [0.25, 0.3) is 5.91 Å². The summed E-state index contributed by atoms with van der Waals surface area (Å²) in [6, 6.07) is 3.56. The van der Waals surface area contributed by atoms with Gasteiger partial charge in [0.05, 0.1) is 10.6 Å². The number of piperazine rings is 1. The van der Waals surface area contributed by atoms with Crippen LogP contribution in [0.5, 0.6) is 0 Å². The average Bonchev–Trinajstić information content (AvgIpc) is 2.81. The van der Waals surface area contributed by atoms with Gasteiger partial charge in [0.1, 0.15) is 5.82 Å². The number of nitrogens with zero attached hydrogens (tertiary/aromatic N) is 6. The molecule has 0 saturated carbocycles. The summed E-state index contributed by atoms with van der Waals surface area (Å²) in [6.07, 6.45) is 8.52. The summed E-state index contributed by atoms with van der Waals surface area (Å²) in [5.74, 6) is 1.45. The normalized spacial score (nSPS) is 17.8. The Morgan fingerprint density at radius 2 is 1.73 bits per heavy atom. The first-order valence-electron chi connectivity index (χ1n) is 10.6. The number of anilines is 2. The van der Waals surface area contributed by atoms with E-state index in [0.717, 1.165) is 71.1 Å². The molecule has 8 nitrogen and oxygen atoms in total. The molecule has 0 aliphatic carbocycles. The average molecular weight is 430 g/mol. The Bertz CT molecular complexity index is 837. The van der Waals surface area contributed by atoms with Gasteiger partial charge in [-0.05, 0) is 31.4 Å². The molecule has 30 heavy (non-hydrogen) atoms. The van der Waals surface area contributed by atoms with Gasteiger partial charge in [0.2, 0.25) is 5.95 Å². The number of hydrogen-bond donors (Lipinski definition) is 1. The van der Waals surface area contributed by atoms with E-state index >= 15 is 0 Å². The zero-order valence-corrected chi connectivity index (χ0v) is 17.9. The molecular weight excluding hydrogens is 402 g/mol. The third-order valence-corrected chi connectivity index (χ3v) is 5.95. The third kappa shape index (κ3) is 5.17. The van der Waals surface area contributed by atoms with E-state index in [0.29, 0.717) is 16.4 Å². The van der Waals surface area contributed by atoms with Crippen molar-refractivity contribution in [2.24, 2.45) is 0 Å². The van der Waals surface area contributed by atoms with Gasteiger partial charge in [-0.15, -0.1) is 0 Å². The van der Waals surface area contributed by atoms with Crippen LogP contribution < -0.4 is 10.2 Å². The second kappa shape index (κ2) is 10.0. The number of nitrogens with one attached hydrogen (secondary N) is 1. The highest BCUT2D eigenvalue weighted by molar-refractivity contribution is 6.33. The Morgan fingerprint density at radius 3 is 2.43 bits per heavy atom. The van der Waals surface area contributed by atoms with Crippen molar-refractivity contribution >= 4 is 29.3 Å². The molecule has 9 heteroatoms. The number of aromatic nitrogens is 3. The lowest BCUT2D eigenvalue weighted by molar-refractivity contribution is 0.0724. The van der Waals surface area contributed by atoms with Crippen LogP contribution in [0.4, 0.5) is 11.8 Å². The van der Waals surface area contributed by atoms with Gasteiger partial charge in [-0.2, -0.15) is 0 Å². The van der Waals surface area contributed by atoms with Crippen molar-refractivity contribution in [3.63, 3.8) is 0 Å². The highest BCUT2D eigenvalue weighted by Crippen LogP contribution is 2.22. The van der Waals surface area contributed by atoms with E-state index in [2.05, 4.69) is 30.1 Å². The molecule has 0 unspecified atom stereocenters. The van der Waals surface area contributed by atoms with Crippen LogP contribution >= 0.6 is 11.6 Å². The lowest BCUT2D eigenvalue weighted by Crippen LogP contribution is -2.48. The van der Waals surface area contributed by atoms with E-state index < -0.39 is 0 Å². The zero-order chi connectivity index (χ0) is 20.8. The Kier molecular flexibility index (Phi) is 6.96. The molecule has 1 amide bonds. The summed E-state index contributed by atoms with van der Waals surface area (Å²) in [5.41, 5.74) is 0.562. The van der Waals surface area contributed by atoms with Gasteiger partial charge in [-0.25, -0.2) is 15.0 Å². The highest BCUT2D eigenvalue weighted by atomic mass is 35.5. The maximum Gasteiger partial charge on any atom is 0.255 e. The Balaban J connectivity index is 1.23. The molecule has 2 aliphatic rings. The minimum Gasteiger partial charge on any atom is -0.368 e. The summed E-state index contributed by atoms with van der Waals surface area (Å²) in [4.78, 5) is 32.1. The van der Waals surface area contributed by atoms with Crippen molar-refractivity contribution in [2.45, 2.75) is 19.3 Å². The fourth-order valence-corrected chi connectivity index (χ4v) is 4.16. The minimum atomic E-state index is 0.0240. The lowest BCUT2D eigenvalue weighted by Gasteiger charge is -2.34. The van der Waals surface area contributed by atoms with E-state index in [1.807, 2.05) is 11.0 Å². The Labute approximate surface area is 182 Å². The summed E-state index contributed by atoms with van der Waals surface area (Å²) in [6.45, 7) is 7.03. The Morgan fingerprint density at radius 1 is 1.00 bits per heavy atom. The molecule has 2 saturated heterocycles. The predicted octanol–water partition coefficient (Wildman–Crippen LogP) is 2.39. The number of carbonyl (C=O) groups is 1. The molecule has 1 N–H and O–H groups in total. The van der Waals surface area contributed by atoms with Crippen LogP contribution in [0.2, 0.25) is 5.02 Å². The number of halogens is 1. The van der Waals surface area contributed by atoms with Crippen molar-refractivity contribution in [1.82, 2.24) is 24.8 Å². The molecule has 4 rings (SSSR count). The molecule has 4 heterocycles. The van der Waals surface area contributed by atoms with Crippen LogP contribution in [0.25, 0.3) is 0 Å². The molecule has 0 spiro atoms. The van der Waals surface area contributed by atoms with Gasteiger partial charge in [0.15, 0.2) is 0 Å². The molecule has 2 aliphatic heterocycles. The van der Waals surface area contributed by atoms with Crippen LogP contribution in [-0.4, -0.2) is 83.0 Å². The van der Waals surface area contributed by atoms with Gasteiger partial charge in [-0.3, -0.25) is 9.69 Å². The second-order valence-corrected chi connectivity index (χ2v) is 8.12. The number of hydrogen-bond acceptors (Lipinski definition) is 7. The minimum absolute atomic E-state index is 0.0240. The van der Waals surface area contributed by atoms with Crippen molar-refractivity contribution in [3.8, 4) is 0 Å². The zero-order valence-electron chi connectivity index (χ0n) is 17.1. The molecule has 0 atom stereocenters. The predicted molar refractivity (Wildman–Crippen MR) is 118 cm³/mol. The summed E-state index contributed by atoms with van der Waals surface area (Å²) in [7, 11) is 0. The largest absolute Gasteiger partial charge is 0.368 e. The van der Waals surface area contributed by atoms with Gasteiger partial charge >= 0.3 is 0 Å². The number of rotatable bonds is 6. The molecular formula is C21H28ClN7O. The number of likely N-dealkylation sites (tertiary alicyclic amines) is 1. The van der Waals surface area contributed by atoms with Crippen LogP contribution in [0, 0.1) is 0 Å². The fourth-order valence-electron chi connectivity index (χ4n) is 3.92. The molecule has 160 valence electrons. The van der Waals surface area contributed by atoms with Gasteiger partial charge in [-0.1, -0.05) is 11.6 Å². The maximum absolute atomic E-state index is 12.6. The van der Waals surface area contributed by atoms with E-state index in [1.54, 1.807) is 24.7 Å². The van der Waals surface area contributed by atoms with Crippen LogP contribution in [0.1, 0.15) is 29.6 Å². The number of carbonyl (C=O) groups excluding carboxylic acids is 1. The first-order chi connectivity index (χ1) is 14.7. The topological polar surface area (TPSA) is 77.5 Å². The summed E-state index contributed by atoms with van der Waals surface area (Å²) < 4.78 is 0. The third-order valence-electron chi connectivity index (χ3n) is 5.66. The number of amides is 1. The molecule has 2 fully saturated rings. The van der Waals surface area contributed by atoms with Crippen molar-refractivity contribution in [3.05, 3.63) is 41.3 Å². The van der Waals surface area contributed by atoms with Gasteiger partial charge in [0, 0.05) is 70.9 Å². The summed E-state index contributed by atoms with van der Waals surface area (Å²) >= 11 is 6.39. The quantitative estimate of drug-likeness (QED) is 0.755. The number of piperidine rings is 1. The van der Waals surface area contributed by atoms with Gasteiger partial charge < -0.3 is 15.1 Å². The van der Waals surface area contributed by atoms with Crippen molar-refractivity contribution < 1.29 is 4.79 Å². The van der Waals surface area contributed by atoms with Crippen molar-refractivity contribution in [2.75, 3.05) is 62.6 Å². The molecule has 0 aromatic carbocycles. The maximum atomic E-state index is 12.6. The van der Waals surface area contributed by atoms with E-state index in [1.165, 1.54) is 6.42 Å². The fraction of sp³-hybridized carbons (Fsp3) is 0.524. The first-order valence-corrected chi connectivity index (χ1v) is 11.0. The van der Waals surface area contributed by atoms with Crippen LogP contribution in [0.3, 0.4) is 0 Å². The monoisotopic (exact) mass is 429 g/mol. The SMILES string of the molecule is O=C(c1cnc(NCCN2CCN(c3ncccn3)CC2)c(Cl)c1)N1CCCCC1. The second-order valence-electron chi connectivity index (χ2n) is 7.71. The first kappa shape index (κ1) is 20.8. The summed E-state index contributed by atoms with van der Waals surface area (Å²) in [5, 5.41) is 3.79. The van der Waals surface area contributed by atoms with E-state index in [9.17, 15) is 4.79 Å². The smallest absolute Gasteiger partial charge is 0.255 e. The molecule has 0 bridgehead atoms. The van der Waals surface area contributed by atoms with E-state index in [4.69, 9.17) is 11.6 Å². The molecule has 2 aromatic heterocycles.